The molecule has 2 heterocycles. The fourth-order valence-electron chi connectivity index (χ4n) is 5.00. The minimum absolute atomic E-state index is 0. The average Bonchev–Trinajstić information content (AvgIpc) is 3.14. The van der Waals surface area contributed by atoms with Crippen LogP contribution in [-0.4, -0.2) is 48.0 Å². The molecule has 2 aliphatic heterocycles. The van der Waals surface area contributed by atoms with Crippen molar-refractivity contribution >= 4 is 24.0 Å². The van der Waals surface area contributed by atoms with E-state index in [1.54, 1.807) is 12.1 Å². The first-order chi connectivity index (χ1) is 13.1. The van der Waals surface area contributed by atoms with Gasteiger partial charge in [0, 0.05) is 44.6 Å². The van der Waals surface area contributed by atoms with Gasteiger partial charge in [0.25, 0.3) is 5.69 Å². The topological polar surface area (TPSA) is 84.7 Å². The van der Waals surface area contributed by atoms with Crippen LogP contribution in [0, 0.1) is 21.4 Å². The second-order valence-corrected chi connectivity index (χ2v) is 8.09. The van der Waals surface area contributed by atoms with Crippen LogP contribution in [0.5, 0.6) is 5.75 Å². The van der Waals surface area contributed by atoms with Gasteiger partial charge in [-0.15, -0.1) is 12.4 Å². The lowest BCUT2D eigenvalue weighted by Gasteiger charge is -2.42. The van der Waals surface area contributed by atoms with Gasteiger partial charge in [-0.2, -0.15) is 0 Å². The highest BCUT2D eigenvalue weighted by atomic mass is 35.5. The number of rotatable bonds is 4. The van der Waals surface area contributed by atoms with Gasteiger partial charge in [0.15, 0.2) is 0 Å². The molecule has 28 heavy (non-hydrogen) atoms. The zero-order valence-electron chi connectivity index (χ0n) is 16.0. The zero-order valence-corrected chi connectivity index (χ0v) is 16.8. The van der Waals surface area contributed by atoms with Gasteiger partial charge in [0.1, 0.15) is 11.9 Å². The molecule has 1 aromatic carbocycles. The van der Waals surface area contributed by atoms with Crippen LogP contribution >= 0.6 is 12.4 Å². The van der Waals surface area contributed by atoms with E-state index in [-0.39, 0.29) is 29.6 Å². The molecule has 2 saturated heterocycles. The minimum Gasteiger partial charge on any atom is -0.490 e. The summed E-state index contributed by atoms with van der Waals surface area (Å²) in [7, 11) is 0. The largest absolute Gasteiger partial charge is 0.490 e. The Morgan fingerprint density at radius 3 is 2.57 bits per heavy atom. The van der Waals surface area contributed by atoms with Gasteiger partial charge in [-0.05, 0) is 37.4 Å². The Balaban J connectivity index is 0.00000225. The standard InChI is InChI=1S/C20H27N3O4.ClH/c24-19(20-10-2-1-3-15(20)13-21-14-20)22-11-8-18(9-12-22)27-17-6-4-16(5-7-17)23(25)26;/h4-7,15,18,21H,1-3,8-14H2;1H/t15-,20+;/m0./s1. The van der Waals surface area contributed by atoms with Gasteiger partial charge in [0.05, 0.1) is 10.3 Å². The van der Waals surface area contributed by atoms with Crippen LogP contribution in [0.1, 0.15) is 38.5 Å². The fraction of sp³-hybridized carbons (Fsp3) is 0.650. The number of hydrogen-bond acceptors (Lipinski definition) is 5. The monoisotopic (exact) mass is 409 g/mol. The van der Waals surface area contributed by atoms with E-state index in [4.69, 9.17) is 4.74 Å². The molecule has 2 atom stereocenters. The second kappa shape index (κ2) is 8.66. The smallest absolute Gasteiger partial charge is 0.269 e. The molecule has 8 heteroatoms. The number of nitro groups is 1. The molecule has 0 bridgehead atoms. The number of amides is 1. The Hall–Kier alpha value is -1.86. The van der Waals surface area contributed by atoms with Crippen LogP contribution in [0.4, 0.5) is 5.69 Å². The lowest BCUT2D eigenvalue weighted by molar-refractivity contribution is -0.384. The number of nitrogens with zero attached hydrogens (tertiary/aromatic N) is 2. The predicted molar refractivity (Wildman–Crippen MR) is 108 cm³/mol. The van der Waals surface area contributed by atoms with E-state index < -0.39 is 4.92 Å². The van der Waals surface area contributed by atoms with Crippen molar-refractivity contribution in [1.82, 2.24) is 10.2 Å². The van der Waals surface area contributed by atoms with Crippen LogP contribution in [0.15, 0.2) is 24.3 Å². The van der Waals surface area contributed by atoms with E-state index in [1.165, 1.54) is 25.0 Å². The lowest BCUT2D eigenvalue weighted by atomic mass is 9.67. The fourth-order valence-corrected chi connectivity index (χ4v) is 5.00. The Bertz CT molecular complexity index is 706. The van der Waals surface area contributed by atoms with E-state index in [0.29, 0.717) is 17.6 Å². The van der Waals surface area contributed by atoms with E-state index in [1.807, 2.05) is 4.90 Å². The first kappa shape index (κ1) is 20.9. The summed E-state index contributed by atoms with van der Waals surface area (Å²) >= 11 is 0. The van der Waals surface area contributed by atoms with Crippen molar-refractivity contribution < 1.29 is 14.5 Å². The number of carbonyl (C=O) groups is 1. The van der Waals surface area contributed by atoms with Gasteiger partial charge in [-0.25, -0.2) is 0 Å². The maximum atomic E-state index is 13.3. The quantitative estimate of drug-likeness (QED) is 0.609. The van der Waals surface area contributed by atoms with E-state index in [2.05, 4.69) is 5.32 Å². The molecule has 1 aliphatic carbocycles. The minimum atomic E-state index is -0.413. The first-order valence-electron chi connectivity index (χ1n) is 10.00. The Morgan fingerprint density at radius 2 is 1.89 bits per heavy atom. The molecule has 0 unspecified atom stereocenters. The number of non-ortho nitro benzene ring substituents is 1. The predicted octanol–water partition coefficient (Wildman–Crippen LogP) is 3.17. The molecule has 1 amide bonds. The molecule has 0 radical (unpaired) electrons. The normalized spacial score (nSPS) is 27.6. The van der Waals surface area contributed by atoms with E-state index in [0.717, 1.165) is 51.9 Å². The number of nitro benzene ring substituents is 1. The average molecular weight is 410 g/mol. The van der Waals surface area contributed by atoms with E-state index in [9.17, 15) is 14.9 Å². The van der Waals surface area contributed by atoms with Gasteiger partial charge < -0.3 is 15.0 Å². The van der Waals surface area contributed by atoms with Crippen LogP contribution in [0.2, 0.25) is 0 Å². The number of carbonyl (C=O) groups excluding carboxylic acids is 1. The summed E-state index contributed by atoms with van der Waals surface area (Å²) in [5, 5.41) is 14.2. The lowest BCUT2D eigenvalue weighted by Crippen LogP contribution is -2.52. The van der Waals surface area contributed by atoms with Crippen LogP contribution in [0.3, 0.4) is 0 Å². The third kappa shape index (κ3) is 3.96. The summed E-state index contributed by atoms with van der Waals surface area (Å²) in [6, 6.07) is 6.21. The molecule has 4 rings (SSSR count). The highest BCUT2D eigenvalue weighted by molar-refractivity contribution is 5.85. The van der Waals surface area contributed by atoms with Crippen molar-refractivity contribution in [2.75, 3.05) is 26.2 Å². The maximum Gasteiger partial charge on any atom is 0.269 e. The van der Waals surface area contributed by atoms with Crippen molar-refractivity contribution in [1.29, 1.82) is 0 Å². The Labute approximate surface area is 171 Å². The van der Waals surface area contributed by atoms with Crippen LogP contribution < -0.4 is 10.1 Å². The number of fused-ring (bicyclic) bond motifs is 1. The first-order valence-corrected chi connectivity index (χ1v) is 10.00. The van der Waals surface area contributed by atoms with Gasteiger partial charge in [-0.1, -0.05) is 12.8 Å². The molecule has 1 saturated carbocycles. The summed E-state index contributed by atoms with van der Waals surface area (Å²) in [5.41, 5.74) is -0.112. The molecular weight excluding hydrogens is 382 g/mol. The number of likely N-dealkylation sites (tertiary alicyclic amines) is 1. The molecule has 7 nitrogen and oxygen atoms in total. The van der Waals surface area contributed by atoms with Crippen molar-refractivity contribution in [3.63, 3.8) is 0 Å². The Morgan fingerprint density at radius 1 is 1.18 bits per heavy atom. The summed E-state index contributed by atoms with van der Waals surface area (Å²) < 4.78 is 5.98. The number of hydrogen-bond donors (Lipinski definition) is 1. The summed E-state index contributed by atoms with van der Waals surface area (Å²) in [6.45, 7) is 3.26. The third-order valence-corrected chi connectivity index (χ3v) is 6.54. The highest BCUT2D eigenvalue weighted by Crippen LogP contribution is 2.45. The molecular formula is C20H28ClN3O4. The summed E-state index contributed by atoms with van der Waals surface area (Å²) in [6.07, 6.45) is 6.24. The number of benzene rings is 1. The van der Waals surface area contributed by atoms with Gasteiger partial charge in [0.2, 0.25) is 5.91 Å². The van der Waals surface area contributed by atoms with E-state index >= 15 is 0 Å². The van der Waals surface area contributed by atoms with Crippen molar-refractivity contribution in [3.8, 4) is 5.75 Å². The maximum absolute atomic E-state index is 13.3. The van der Waals surface area contributed by atoms with Gasteiger partial charge in [-0.3, -0.25) is 14.9 Å². The van der Waals surface area contributed by atoms with Crippen molar-refractivity contribution in [2.45, 2.75) is 44.6 Å². The number of halogens is 1. The highest BCUT2D eigenvalue weighted by Gasteiger charge is 2.51. The summed E-state index contributed by atoms with van der Waals surface area (Å²) in [4.78, 5) is 25.7. The number of piperidine rings is 1. The van der Waals surface area contributed by atoms with Crippen LogP contribution in [-0.2, 0) is 4.79 Å². The second-order valence-electron chi connectivity index (χ2n) is 8.09. The molecule has 3 aliphatic rings. The SMILES string of the molecule is Cl.O=C(N1CCC(Oc2ccc([N+](=O)[O-])cc2)CC1)[C@@]12CCCC[C@H]1CNC2. The Kier molecular flexibility index (Phi) is 6.45. The molecule has 1 N–H and O–H groups in total. The molecule has 3 fully saturated rings. The zero-order chi connectivity index (χ0) is 18.9. The molecule has 0 aromatic heterocycles. The number of ether oxygens (including phenoxy) is 1. The van der Waals surface area contributed by atoms with Crippen molar-refractivity contribution in [2.24, 2.45) is 11.3 Å². The molecule has 0 spiro atoms. The number of nitrogens with one attached hydrogen (secondary N) is 1. The molecule has 154 valence electrons. The van der Waals surface area contributed by atoms with Crippen molar-refractivity contribution in [3.05, 3.63) is 34.4 Å². The third-order valence-electron chi connectivity index (χ3n) is 6.54. The van der Waals surface area contributed by atoms with Crippen LogP contribution in [0.25, 0.3) is 0 Å². The summed E-state index contributed by atoms with van der Waals surface area (Å²) in [5.74, 6) is 1.48. The molecule has 1 aromatic rings. The van der Waals surface area contributed by atoms with Gasteiger partial charge >= 0.3 is 0 Å².